The van der Waals surface area contributed by atoms with Crippen molar-refractivity contribution in [3.05, 3.63) is 11.1 Å². The van der Waals surface area contributed by atoms with Gasteiger partial charge in [-0.25, -0.2) is 4.98 Å². The first kappa shape index (κ1) is 16.5. The van der Waals surface area contributed by atoms with Crippen molar-refractivity contribution in [2.24, 2.45) is 0 Å². The standard InChI is InChI=1S/C14H18F3N3O2S/c15-14(16,17)12(21)20-5-1-2-11(20)10-8-23-13(19-10)18-9-3-6-22-7-4-9/h8-9,11H,1-7H2,(H,18,19)/t11-/m0/s1. The molecule has 0 aromatic carbocycles. The Morgan fingerprint density at radius 3 is 2.78 bits per heavy atom. The number of aromatic nitrogens is 1. The van der Waals surface area contributed by atoms with Crippen LogP contribution in [0, 0.1) is 0 Å². The molecule has 3 heterocycles. The fourth-order valence-electron chi connectivity index (χ4n) is 3.00. The maximum absolute atomic E-state index is 12.7. The van der Waals surface area contributed by atoms with Gasteiger partial charge in [-0.3, -0.25) is 4.79 Å². The zero-order valence-electron chi connectivity index (χ0n) is 12.4. The molecular weight excluding hydrogens is 331 g/mol. The third-order valence-corrected chi connectivity index (χ3v) is 4.96. The fourth-order valence-corrected chi connectivity index (χ4v) is 3.84. The van der Waals surface area contributed by atoms with Crippen molar-refractivity contribution in [3.8, 4) is 0 Å². The van der Waals surface area contributed by atoms with Gasteiger partial charge in [0.15, 0.2) is 5.13 Å². The molecule has 0 radical (unpaired) electrons. The molecule has 1 aromatic heterocycles. The highest BCUT2D eigenvalue weighted by molar-refractivity contribution is 7.13. The molecule has 9 heteroatoms. The van der Waals surface area contributed by atoms with Gasteiger partial charge >= 0.3 is 12.1 Å². The summed E-state index contributed by atoms with van der Waals surface area (Å²) in [7, 11) is 0. The predicted octanol–water partition coefficient (Wildman–Crippen LogP) is 2.96. The van der Waals surface area contributed by atoms with E-state index in [0.717, 1.165) is 17.7 Å². The lowest BCUT2D eigenvalue weighted by Gasteiger charge is -2.24. The second kappa shape index (κ2) is 6.64. The SMILES string of the molecule is O=C(N1CCC[C@H]1c1csc(NC2CCOCC2)n1)C(F)(F)F. The lowest BCUT2D eigenvalue weighted by Crippen LogP contribution is -2.40. The number of ether oxygens (including phenoxy) is 1. The highest BCUT2D eigenvalue weighted by atomic mass is 32.1. The molecule has 1 amide bonds. The van der Waals surface area contributed by atoms with Crippen LogP contribution in [0.15, 0.2) is 5.38 Å². The first-order valence-electron chi connectivity index (χ1n) is 7.62. The maximum Gasteiger partial charge on any atom is 0.471 e. The number of carbonyl (C=O) groups is 1. The van der Waals surface area contributed by atoms with E-state index in [-0.39, 0.29) is 12.6 Å². The van der Waals surface area contributed by atoms with E-state index < -0.39 is 18.1 Å². The molecule has 0 aliphatic carbocycles. The Labute approximate surface area is 135 Å². The normalized spacial score (nSPS) is 23.3. The van der Waals surface area contributed by atoms with E-state index in [9.17, 15) is 18.0 Å². The molecule has 2 aliphatic rings. The van der Waals surface area contributed by atoms with Crippen LogP contribution >= 0.6 is 11.3 Å². The van der Waals surface area contributed by atoms with E-state index in [1.54, 1.807) is 5.38 Å². The second-order valence-corrected chi connectivity index (χ2v) is 6.62. The molecule has 1 atom stereocenters. The van der Waals surface area contributed by atoms with Crippen molar-refractivity contribution in [1.82, 2.24) is 9.88 Å². The highest BCUT2D eigenvalue weighted by Crippen LogP contribution is 2.36. The van der Waals surface area contributed by atoms with Gasteiger partial charge in [0.1, 0.15) is 0 Å². The molecule has 0 unspecified atom stereocenters. The first-order chi connectivity index (χ1) is 10.9. The van der Waals surface area contributed by atoms with Gasteiger partial charge in [0, 0.05) is 31.2 Å². The largest absolute Gasteiger partial charge is 0.471 e. The van der Waals surface area contributed by atoms with E-state index >= 15 is 0 Å². The van der Waals surface area contributed by atoms with Crippen molar-refractivity contribution < 1.29 is 22.7 Å². The molecule has 0 bridgehead atoms. The molecule has 128 valence electrons. The number of hydrogen-bond acceptors (Lipinski definition) is 5. The quantitative estimate of drug-likeness (QED) is 0.912. The third-order valence-electron chi connectivity index (χ3n) is 4.17. The minimum atomic E-state index is -4.83. The molecule has 2 fully saturated rings. The van der Waals surface area contributed by atoms with Gasteiger partial charge in [0.05, 0.1) is 11.7 Å². The van der Waals surface area contributed by atoms with Crippen molar-refractivity contribution in [2.75, 3.05) is 25.1 Å². The van der Waals surface area contributed by atoms with Crippen molar-refractivity contribution in [1.29, 1.82) is 0 Å². The lowest BCUT2D eigenvalue weighted by molar-refractivity contribution is -0.186. The summed E-state index contributed by atoms with van der Waals surface area (Å²) in [5, 5.41) is 5.74. The monoisotopic (exact) mass is 349 g/mol. The number of thiazole rings is 1. The summed E-state index contributed by atoms with van der Waals surface area (Å²) in [6, 6.07) is -0.301. The summed E-state index contributed by atoms with van der Waals surface area (Å²) in [6.07, 6.45) is -1.98. The van der Waals surface area contributed by atoms with Gasteiger partial charge in [-0.1, -0.05) is 0 Å². The average Bonchev–Trinajstić information content (AvgIpc) is 3.15. The van der Waals surface area contributed by atoms with Crippen LogP contribution in [0.2, 0.25) is 0 Å². The van der Waals surface area contributed by atoms with E-state index in [4.69, 9.17) is 4.74 Å². The van der Waals surface area contributed by atoms with Gasteiger partial charge in [-0.2, -0.15) is 13.2 Å². The Kier molecular flexibility index (Phi) is 4.77. The van der Waals surface area contributed by atoms with Crippen LogP contribution in [0.25, 0.3) is 0 Å². The summed E-state index contributed by atoms with van der Waals surface area (Å²) in [6.45, 7) is 1.53. The number of anilines is 1. The molecular formula is C14H18F3N3O2S. The minimum Gasteiger partial charge on any atom is -0.381 e. The van der Waals surface area contributed by atoms with Crippen LogP contribution in [0.4, 0.5) is 18.3 Å². The Balaban J connectivity index is 1.67. The highest BCUT2D eigenvalue weighted by Gasteiger charge is 2.46. The predicted molar refractivity (Wildman–Crippen MR) is 79.3 cm³/mol. The second-order valence-electron chi connectivity index (χ2n) is 5.76. The molecule has 23 heavy (non-hydrogen) atoms. The van der Waals surface area contributed by atoms with Gasteiger partial charge < -0.3 is 15.0 Å². The number of alkyl halides is 3. The zero-order chi connectivity index (χ0) is 16.4. The third kappa shape index (κ3) is 3.77. The maximum atomic E-state index is 12.7. The number of hydrogen-bond donors (Lipinski definition) is 1. The van der Waals surface area contributed by atoms with Gasteiger partial charge in [0.25, 0.3) is 0 Å². The van der Waals surface area contributed by atoms with Crippen LogP contribution in [0.3, 0.4) is 0 Å². The van der Waals surface area contributed by atoms with Gasteiger partial charge in [0.2, 0.25) is 0 Å². The Morgan fingerprint density at radius 1 is 1.35 bits per heavy atom. The van der Waals surface area contributed by atoms with Crippen LogP contribution in [0.5, 0.6) is 0 Å². The van der Waals surface area contributed by atoms with Crippen LogP contribution in [-0.2, 0) is 9.53 Å². The van der Waals surface area contributed by atoms with Crippen LogP contribution in [-0.4, -0.2) is 47.8 Å². The average molecular weight is 349 g/mol. The first-order valence-corrected chi connectivity index (χ1v) is 8.50. The molecule has 0 spiro atoms. The molecule has 5 nitrogen and oxygen atoms in total. The van der Waals surface area contributed by atoms with Crippen molar-refractivity contribution in [3.63, 3.8) is 0 Å². The summed E-state index contributed by atoms with van der Waals surface area (Å²) in [5.74, 6) is -1.77. The minimum absolute atomic E-state index is 0.128. The lowest BCUT2D eigenvalue weighted by atomic mass is 10.1. The smallest absolute Gasteiger partial charge is 0.381 e. The number of likely N-dealkylation sites (tertiary alicyclic amines) is 1. The molecule has 2 saturated heterocycles. The molecule has 2 aliphatic heterocycles. The number of halogens is 3. The van der Waals surface area contributed by atoms with E-state index in [1.807, 2.05) is 0 Å². The van der Waals surface area contributed by atoms with Gasteiger partial charge in [-0.15, -0.1) is 11.3 Å². The van der Waals surface area contributed by atoms with E-state index in [2.05, 4.69) is 10.3 Å². The summed E-state index contributed by atoms with van der Waals surface area (Å²) >= 11 is 1.37. The number of carbonyl (C=O) groups excluding carboxylic acids is 1. The zero-order valence-corrected chi connectivity index (χ0v) is 13.3. The number of nitrogens with zero attached hydrogens (tertiary/aromatic N) is 2. The number of nitrogens with one attached hydrogen (secondary N) is 1. The van der Waals surface area contributed by atoms with E-state index in [0.29, 0.717) is 36.9 Å². The molecule has 3 rings (SSSR count). The van der Waals surface area contributed by atoms with Crippen molar-refractivity contribution in [2.45, 2.75) is 43.9 Å². The van der Waals surface area contributed by atoms with Crippen molar-refractivity contribution >= 4 is 22.4 Å². The van der Waals surface area contributed by atoms with Crippen LogP contribution in [0.1, 0.15) is 37.4 Å². The van der Waals surface area contributed by atoms with Gasteiger partial charge in [-0.05, 0) is 25.7 Å². The Morgan fingerprint density at radius 2 is 2.09 bits per heavy atom. The summed E-state index contributed by atoms with van der Waals surface area (Å²) in [4.78, 5) is 16.8. The molecule has 0 saturated carbocycles. The summed E-state index contributed by atoms with van der Waals surface area (Å²) < 4.78 is 43.3. The topological polar surface area (TPSA) is 54.5 Å². The Hall–Kier alpha value is -1.35. The van der Waals surface area contributed by atoms with Crippen LogP contribution < -0.4 is 5.32 Å². The number of rotatable bonds is 3. The number of amides is 1. The summed E-state index contributed by atoms with van der Waals surface area (Å²) in [5.41, 5.74) is 0.541. The van der Waals surface area contributed by atoms with E-state index in [1.165, 1.54) is 11.3 Å². The molecule has 1 aromatic rings. The Bertz CT molecular complexity index is 558. The molecule has 1 N–H and O–H groups in total. The fraction of sp³-hybridized carbons (Fsp3) is 0.714.